The Hall–Kier alpha value is -3.09. The number of pyridine rings is 1. The molecule has 3 aromatic rings. The van der Waals surface area contributed by atoms with Crippen molar-refractivity contribution in [3.05, 3.63) is 42.1 Å². The number of aromatic nitrogens is 3. The summed E-state index contributed by atoms with van der Waals surface area (Å²) in [6, 6.07) is 7.88. The van der Waals surface area contributed by atoms with E-state index in [-0.39, 0.29) is 30.3 Å². The van der Waals surface area contributed by atoms with Gasteiger partial charge in [0.25, 0.3) is 5.91 Å². The van der Waals surface area contributed by atoms with E-state index in [1.165, 1.54) is 13.1 Å². The van der Waals surface area contributed by atoms with Crippen molar-refractivity contribution in [3.8, 4) is 17.0 Å². The lowest BCUT2D eigenvalue weighted by Gasteiger charge is -2.38. The van der Waals surface area contributed by atoms with Crippen LogP contribution in [0.2, 0.25) is 0 Å². The van der Waals surface area contributed by atoms with Gasteiger partial charge in [-0.25, -0.2) is 12.8 Å². The summed E-state index contributed by atoms with van der Waals surface area (Å²) >= 11 is 0. The highest BCUT2D eigenvalue weighted by Crippen LogP contribution is 2.33. The van der Waals surface area contributed by atoms with Crippen LogP contribution in [-0.4, -0.2) is 76.9 Å². The normalized spacial score (nSPS) is 23.5. The van der Waals surface area contributed by atoms with Gasteiger partial charge in [0.1, 0.15) is 29.1 Å². The Kier molecular flexibility index (Phi) is 5.77. The van der Waals surface area contributed by atoms with Crippen LogP contribution in [0.1, 0.15) is 30.2 Å². The molecule has 5 rings (SSSR count). The van der Waals surface area contributed by atoms with Crippen LogP contribution in [0.15, 0.2) is 36.5 Å². The molecular formula is C23H25FN4O6S. The minimum absolute atomic E-state index is 0.120. The standard InChI is InChI=1S/C23H25FN4O6S/c1-13(24)34-16-5-3-4-14(6-16)20-21-17(28(27-20)18-9-33-10-19(18)29)7-15(8-25-21)22(30)26-23(2)11-35(31,32)12-23/h3-8,13,18-19,29H,9-12H2,1-2H3,(H,26,30)/t13?,18-,19-/m1/s1. The number of hydrogen-bond donors (Lipinski definition) is 2. The summed E-state index contributed by atoms with van der Waals surface area (Å²) < 4.78 is 48.7. The number of benzene rings is 1. The van der Waals surface area contributed by atoms with Gasteiger partial charge in [0, 0.05) is 18.7 Å². The minimum atomic E-state index is -3.13. The molecule has 0 saturated carbocycles. The number of ether oxygens (including phenoxy) is 2. The second kappa shape index (κ2) is 8.54. The highest BCUT2D eigenvalue weighted by molar-refractivity contribution is 7.93. The van der Waals surface area contributed by atoms with Crippen LogP contribution in [0.25, 0.3) is 22.3 Å². The number of aliphatic hydroxyl groups is 1. The Bertz CT molecular complexity index is 1390. The third-order valence-corrected chi connectivity index (χ3v) is 8.20. The lowest BCUT2D eigenvalue weighted by Crippen LogP contribution is -2.63. The summed E-state index contributed by atoms with van der Waals surface area (Å²) in [5.74, 6) is -0.374. The quantitative estimate of drug-likeness (QED) is 0.518. The van der Waals surface area contributed by atoms with Gasteiger partial charge >= 0.3 is 0 Å². The molecule has 0 bridgehead atoms. The fourth-order valence-corrected chi connectivity index (χ4v) is 6.61. The molecular weight excluding hydrogens is 479 g/mol. The second-order valence-corrected chi connectivity index (χ2v) is 11.4. The topological polar surface area (TPSA) is 133 Å². The van der Waals surface area contributed by atoms with Crippen LogP contribution in [0.5, 0.6) is 5.75 Å². The minimum Gasteiger partial charge on any atom is -0.461 e. The van der Waals surface area contributed by atoms with Crippen molar-refractivity contribution in [3.63, 3.8) is 0 Å². The van der Waals surface area contributed by atoms with Crippen molar-refractivity contribution in [2.45, 2.75) is 37.9 Å². The maximum atomic E-state index is 13.4. The van der Waals surface area contributed by atoms with E-state index in [2.05, 4.69) is 15.4 Å². The lowest BCUT2D eigenvalue weighted by atomic mass is 10.1. The fourth-order valence-electron chi connectivity index (χ4n) is 4.61. The van der Waals surface area contributed by atoms with Gasteiger partial charge in [0.2, 0.25) is 6.36 Å². The van der Waals surface area contributed by atoms with Crippen molar-refractivity contribution < 1.29 is 32.2 Å². The summed E-state index contributed by atoms with van der Waals surface area (Å²) in [7, 11) is -3.13. The zero-order valence-electron chi connectivity index (χ0n) is 19.1. The molecule has 10 nitrogen and oxygen atoms in total. The Labute approximate surface area is 201 Å². The lowest BCUT2D eigenvalue weighted by molar-refractivity contribution is 0.0860. The van der Waals surface area contributed by atoms with E-state index < -0.39 is 39.8 Å². The van der Waals surface area contributed by atoms with Gasteiger partial charge in [-0.1, -0.05) is 12.1 Å². The summed E-state index contributed by atoms with van der Waals surface area (Å²) in [5.41, 5.74) is 1.46. The van der Waals surface area contributed by atoms with Gasteiger partial charge in [-0.15, -0.1) is 0 Å². The number of amides is 1. The third-order valence-electron chi connectivity index (χ3n) is 6.04. The number of nitrogens with zero attached hydrogens (tertiary/aromatic N) is 3. The molecule has 0 radical (unpaired) electrons. The molecule has 2 fully saturated rings. The fraction of sp³-hybridized carbons (Fsp3) is 0.435. The SMILES string of the molecule is CC(F)Oc1cccc(-c2nn([C@@H]3COC[C@H]3O)c3cc(C(=O)NC4(C)CS(=O)(=O)C4)cnc23)c1. The number of carbonyl (C=O) groups excluding carboxylic acids is 1. The molecule has 35 heavy (non-hydrogen) atoms. The number of nitrogens with one attached hydrogen (secondary N) is 1. The zero-order chi connectivity index (χ0) is 25.0. The van der Waals surface area contributed by atoms with Crippen molar-refractivity contribution in [2.75, 3.05) is 24.7 Å². The maximum Gasteiger partial charge on any atom is 0.253 e. The number of fused-ring (bicyclic) bond motifs is 1. The first-order chi connectivity index (χ1) is 16.5. The molecule has 12 heteroatoms. The summed E-state index contributed by atoms with van der Waals surface area (Å²) in [5, 5.41) is 17.9. The molecule has 0 aliphatic carbocycles. The van der Waals surface area contributed by atoms with Crippen molar-refractivity contribution in [1.29, 1.82) is 0 Å². The average Bonchev–Trinajstić information content (AvgIpc) is 3.34. The smallest absolute Gasteiger partial charge is 0.253 e. The highest BCUT2D eigenvalue weighted by atomic mass is 32.2. The molecule has 2 aliphatic rings. The molecule has 2 saturated heterocycles. The predicted molar refractivity (Wildman–Crippen MR) is 125 cm³/mol. The number of hydrogen-bond acceptors (Lipinski definition) is 8. The Morgan fingerprint density at radius 1 is 1.34 bits per heavy atom. The van der Waals surface area contributed by atoms with Gasteiger partial charge < -0.3 is 19.9 Å². The molecule has 0 spiro atoms. The van der Waals surface area contributed by atoms with Crippen LogP contribution in [0, 0.1) is 0 Å². The Morgan fingerprint density at radius 3 is 2.77 bits per heavy atom. The Balaban J connectivity index is 1.55. The van der Waals surface area contributed by atoms with E-state index in [1.54, 1.807) is 41.9 Å². The molecule has 1 aromatic carbocycles. The second-order valence-electron chi connectivity index (χ2n) is 9.29. The Morgan fingerprint density at radius 2 is 2.11 bits per heavy atom. The summed E-state index contributed by atoms with van der Waals surface area (Å²) in [6.45, 7) is 3.34. The van der Waals surface area contributed by atoms with Gasteiger partial charge in [-0.3, -0.25) is 14.5 Å². The monoisotopic (exact) mass is 504 g/mol. The van der Waals surface area contributed by atoms with Gasteiger partial charge in [0.05, 0.1) is 41.3 Å². The van der Waals surface area contributed by atoms with E-state index >= 15 is 0 Å². The molecule has 2 aromatic heterocycles. The van der Waals surface area contributed by atoms with Crippen molar-refractivity contribution in [1.82, 2.24) is 20.1 Å². The van der Waals surface area contributed by atoms with Crippen LogP contribution in [0.3, 0.4) is 0 Å². The zero-order valence-corrected chi connectivity index (χ0v) is 20.0. The van der Waals surface area contributed by atoms with Crippen LogP contribution >= 0.6 is 0 Å². The highest BCUT2D eigenvalue weighted by Gasteiger charge is 2.45. The number of alkyl halides is 1. The summed E-state index contributed by atoms with van der Waals surface area (Å²) in [6.07, 6.45) is -0.892. The van der Waals surface area contributed by atoms with E-state index in [9.17, 15) is 22.7 Å². The largest absolute Gasteiger partial charge is 0.461 e. The van der Waals surface area contributed by atoms with E-state index in [4.69, 9.17) is 9.47 Å². The van der Waals surface area contributed by atoms with Crippen LogP contribution in [-0.2, 0) is 14.6 Å². The first kappa shape index (κ1) is 23.6. The molecule has 1 unspecified atom stereocenters. The molecule has 2 aliphatic heterocycles. The van der Waals surface area contributed by atoms with Gasteiger partial charge in [-0.05, 0) is 25.1 Å². The first-order valence-electron chi connectivity index (χ1n) is 11.1. The number of aliphatic hydroxyl groups excluding tert-OH is 1. The van der Waals surface area contributed by atoms with Crippen LogP contribution < -0.4 is 10.1 Å². The van der Waals surface area contributed by atoms with Crippen molar-refractivity contribution >= 4 is 26.8 Å². The average molecular weight is 505 g/mol. The molecule has 2 N–H and O–H groups in total. The molecule has 1 amide bonds. The van der Waals surface area contributed by atoms with E-state index in [0.717, 1.165) is 0 Å². The van der Waals surface area contributed by atoms with Crippen LogP contribution in [0.4, 0.5) is 4.39 Å². The van der Waals surface area contributed by atoms with E-state index in [0.29, 0.717) is 28.0 Å². The number of rotatable bonds is 6. The maximum absolute atomic E-state index is 13.4. The molecule has 186 valence electrons. The number of halogens is 1. The van der Waals surface area contributed by atoms with Gasteiger partial charge in [0.15, 0.2) is 9.84 Å². The molecule has 4 heterocycles. The predicted octanol–water partition coefficient (Wildman–Crippen LogP) is 1.64. The number of carbonyl (C=O) groups is 1. The third kappa shape index (κ3) is 4.60. The van der Waals surface area contributed by atoms with Crippen molar-refractivity contribution in [2.24, 2.45) is 0 Å². The van der Waals surface area contributed by atoms with E-state index in [1.807, 2.05) is 0 Å². The summed E-state index contributed by atoms with van der Waals surface area (Å²) in [4.78, 5) is 17.4. The first-order valence-corrected chi connectivity index (χ1v) is 12.9. The molecule has 3 atom stereocenters. The number of sulfone groups is 1. The van der Waals surface area contributed by atoms with Gasteiger partial charge in [-0.2, -0.15) is 5.10 Å².